The summed E-state index contributed by atoms with van der Waals surface area (Å²) >= 11 is 0. The average molecular weight is 290 g/mol. The maximum absolute atomic E-state index is 13.7. The van der Waals surface area contributed by atoms with Crippen molar-refractivity contribution in [3.8, 4) is 5.75 Å². The molecule has 1 atom stereocenters. The lowest BCUT2D eigenvalue weighted by atomic mass is 10.1. The zero-order chi connectivity index (χ0) is 15.0. The third-order valence-electron chi connectivity index (χ3n) is 3.31. The number of fused-ring (bicyclic) bond motifs is 1. The van der Waals surface area contributed by atoms with Gasteiger partial charge in [0, 0.05) is 6.42 Å². The number of hydrogen-bond acceptors (Lipinski definition) is 3. The molecule has 0 saturated carbocycles. The van der Waals surface area contributed by atoms with E-state index in [1.165, 1.54) is 6.07 Å². The van der Waals surface area contributed by atoms with E-state index in [9.17, 15) is 13.6 Å². The fourth-order valence-electron chi connectivity index (χ4n) is 2.22. The molecule has 1 unspecified atom stereocenters. The number of nitrogens with two attached hydrogens (primary N) is 1. The summed E-state index contributed by atoms with van der Waals surface area (Å²) in [6.45, 7) is 0. The Hall–Kier alpha value is -2.63. The van der Waals surface area contributed by atoms with E-state index in [0.717, 1.165) is 11.6 Å². The predicted octanol–water partition coefficient (Wildman–Crippen LogP) is 2.49. The minimum Gasteiger partial charge on any atom is -0.480 e. The topological polar surface area (TPSA) is 64.3 Å². The fraction of sp³-hybridized carbons (Fsp3) is 0.133. The normalized spacial score (nSPS) is 16.2. The Morgan fingerprint density at radius 1 is 1.24 bits per heavy atom. The van der Waals surface area contributed by atoms with Crippen LogP contribution >= 0.6 is 0 Å². The number of halogens is 2. The van der Waals surface area contributed by atoms with Crippen molar-refractivity contribution in [1.29, 1.82) is 0 Å². The highest BCUT2D eigenvalue weighted by Gasteiger charge is 2.29. The largest absolute Gasteiger partial charge is 0.480 e. The monoisotopic (exact) mass is 290 g/mol. The summed E-state index contributed by atoms with van der Waals surface area (Å²) in [4.78, 5) is 12.1. The number of hydrogen-bond donors (Lipinski definition) is 2. The smallest absolute Gasteiger partial charge is 0.265 e. The second-order valence-electron chi connectivity index (χ2n) is 4.73. The zero-order valence-electron chi connectivity index (χ0n) is 10.9. The maximum atomic E-state index is 13.7. The van der Waals surface area contributed by atoms with Gasteiger partial charge in [-0.1, -0.05) is 18.2 Å². The Morgan fingerprint density at radius 3 is 2.76 bits per heavy atom. The first-order chi connectivity index (χ1) is 10.1. The predicted molar refractivity (Wildman–Crippen MR) is 74.0 cm³/mol. The van der Waals surface area contributed by atoms with Crippen molar-refractivity contribution in [2.75, 3.05) is 11.1 Å². The molecular formula is C15H12F2N2O2. The molecule has 1 aliphatic rings. The van der Waals surface area contributed by atoms with Crippen LogP contribution in [0.2, 0.25) is 0 Å². The summed E-state index contributed by atoms with van der Waals surface area (Å²) in [6.07, 6.45) is -0.414. The SMILES string of the molecule is Nc1ccc(F)c(F)c1NC(=O)C1Cc2ccccc2O1. The van der Waals surface area contributed by atoms with E-state index in [1.807, 2.05) is 12.1 Å². The van der Waals surface area contributed by atoms with Gasteiger partial charge in [-0.05, 0) is 23.8 Å². The minimum atomic E-state index is -1.18. The van der Waals surface area contributed by atoms with Crippen LogP contribution in [0.25, 0.3) is 0 Å². The molecule has 1 aliphatic heterocycles. The van der Waals surface area contributed by atoms with Crippen LogP contribution in [0.1, 0.15) is 5.56 Å². The van der Waals surface area contributed by atoms with E-state index in [2.05, 4.69) is 5.32 Å². The summed E-state index contributed by atoms with van der Waals surface area (Å²) < 4.78 is 32.3. The van der Waals surface area contributed by atoms with E-state index in [4.69, 9.17) is 10.5 Å². The Balaban J connectivity index is 1.79. The number of anilines is 2. The highest BCUT2D eigenvalue weighted by atomic mass is 19.2. The van der Waals surface area contributed by atoms with Crippen LogP contribution in [0.3, 0.4) is 0 Å². The second kappa shape index (κ2) is 5.05. The Kier molecular flexibility index (Phi) is 3.21. The van der Waals surface area contributed by atoms with Crippen LogP contribution in [-0.2, 0) is 11.2 Å². The first kappa shape index (κ1) is 13.4. The van der Waals surface area contributed by atoms with Gasteiger partial charge in [-0.2, -0.15) is 0 Å². The molecule has 108 valence electrons. The molecule has 0 spiro atoms. The molecule has 6 heteroatoms. The van der Waals surface area contributed by atoms with Crippen LogP contribution in [0.15, 0.2) is 36.4 Å². The lowest BCUT2D eigenvalue weighted by Gasteiger charge is -2.13. The molecule has 3 N–H and O–H groups in total. The average Bonchev–Trinajstić information content (AvgIpc) is 2.91. The van der Waals surface area contributed by atoms with E-state index in [1.54, 1.807) is 12.1 Å². The first-order valence-electron chi connectivity index (χ1n) is 6.35. The number of carbonyl (C=O) groups excluding carboxylic acids is 1. The molecule has 2 aromatic carbocycles. The van der Waals surface area contributed by atoms with Gasteiger partial charge in [-0.25, -0.2) is 8.78 Å². The third kappa shape index (κ3) is 2.40. The molecule has 0 fully saturated rings. The molecule has 1 amide bonds. The first-order valence-corrected chi connectivity index (χ1v) is 6.35. The Bertz CT molecular complexity index is 694. The van der Waals surface area contributed by atoms with Gasteiger partial charge in [0.25, 0.3) is 5.91 Å². The van der Waals surface area contributed by atoms with Crippen molar-refractivity contribution >= 4 is 17.3 Å². The van der Waals surface area contributed by atoms with Crippen LogP contribution in [-0.4, -0.2) is 12.0 Å². The molecule has 0 aromatic heterocycles. The molecule has 0 saturated heterocycles. The quantitative estimate of drug-likeness (QED) is 0.835. The van der Waals surface area contributed by atoms with Gasteiger partial charge >= 0.3 is 0 Å². The van der Waals surface area contributed by atoms with E-state index >= 15 is 0 Å². The molecule has 3 rings (SSSR count). The molecule has 2 aromatic rings. The van der Waals surface area contributed by atoms with Crippen molar-refractivity contribution in [3.05, 3.63) is 53.6 Å². The highest BCUT2D eigenvalue weighted by Crippen LogP contribution is 2.30. The number of nitrogen functional groups attached to an aromatic ring is 1. The third-order valence-corrected chi connectivity index (χ3v) is 3.31. The zero-order valence-corrected chi connectivity index (χ0v) is 10.9. The molecule has 0 bridgehead atoms. The van der Waals surface area contributed by atoms with Crippen molar-refractivity contribution < 1.29 is 18.3 Å². The van der Waals surface area contributed by atoms with Gasteiger partial charge in [-0.15, -0.1) is 0 Å². The van der Waals surface area contributed by atoms with Crippen LogP contribution in [0.5, 0.6) is 5.75 Å². The van der Waals surface area contributed by atoms with Crippen molar-refractivity contribution in [3.63, 3.8) is 0 Å². The Morgan fingerprint density at radius 2 is 2.00 bits per heavy atom. The van der Waals surface area contributed by atoms with E-state index in [0.29, 0.717) is 12.2 Å². The van der Waals surface area contributed by atoms with Gasteiger partial charge in [0.1, 0.15) is 11.4 Å². The van der Waals surface area contributed by atoms with Crippen molar-refractivity contribution in [2.24, 2.45) is 0 Å². The number of para-hydroxylation sites is 1. The summed E-state index contributed by atoms with van der Waals surface area (Å²) in [5.74, 6) is -2.21. The molecule has 21 heavy (non-hydrogen) atoms. The lowest BCUT2D eigenvalue weighted by molar-refractivity contribution is -0.122. The second-order valence-corrected chi connectivity index (χ2v) is 4.73. The molecule has 0 aliphatic carbocycles. The van der Waals surface area contributed by atoms with Crippen molar-refractivity contribution in [2.45, 2.75) is 12.5 Å². The maximum Gasteiger partial charge on any atom is 0.265 e. The number of amides is 1. The van der Waals surface area contributed by atoms with Gasteiger partial charge in [-0.3, -0.25) is 4.79 Å². The number of rotatable bonds is 2. The van der Waals surface area contributed by atoms with E-state index < -0.39 is 23.6 Å². The summed E-state index contributed by atoms with van der Waals surface area (Å²) in [7, 11) is 0. The van der Waals surface area contributed by atoms with Gasteiger partial charge in [0.05, 0.1) is 5.69 Å². The summed E-state index contributed by atoms with van der Waals surface area (Å²) in [5.41, 5.74) is 6.05. The summed E-state index contributed by atoms with van der Waals surface area (Å²) in [5, 5.41) is 2.29. The molecule has 4 nitrogen and oxygen atoms in total. The number of carbonyl (C=O) groups is 1. The van der Waals surface area contributed by atoms with Crippen LogP contribution < -0.4 is 15.8 Å². The number of nitrogens with one attached hydrogen (secondary N) is 1. The number of benzene rings is 2. The molecule has 1 heterocycles. The van der Waals surface area contributed by atoms with Gasteiger partial charge < -0.3 is 15.8 Å². The minimum absolute atomic E-state index is 0.0437. The van der Waals surface area contributed by atoms with Crippen LogP contribution in [0.4, 0.5) is 20.2 Å². The van der Waals surface area contributed by atoms with Gasteiger partial charge in [0.2, 0.25) is 0 Å². The Labute approximate surface area is 119 Å². The van der Waals surface area contributed by atoms with Crippen molar-refractivity contribution in [1.82, 2.24) is 0 Å². The standard InChI is InChI=1S/C15H12F2N2O2/c16-9-5-6-10(18)14(13(9)17)19-15(20)12-7-8-3-1-2-4-11(8)21-12/h1-6,12H,7,18H2,(H,19,20). The number of ether oxygens (including phenoxy) is 1. The molecular weight excluding hydrogens is 278 g/mol. The fourth-order valence-corrected chi connectivity index (χ4v) is 2.22. The summed E-state index contributed by atoms with van der Waals surface area (Å²) in [6, 6.07) is 9.33. The van der Waals surface area contributed by atoms with Gasteiger partial charge in [0.15, 0.2) is 17.7 Å². The van der Waals surface area contributed by atoms with E-state index in [-0.39, 0.29) is 11.4 Å². The highest BCUT2D eigenvalue weighted by molar-refractivity contribution is 5.97. The molecule has 0 radical (unpaired) electrons. The lowest BCUT2D eigenvalue weighted by Crippen LogP contribution is -2.32. The van der Waals surface area contributed by atoms with Crippen LogP contribution in [0, 0.1) is 11.6 Å².